The van der Waals surface area contributed by atoms with E-state index in [9.17, 15) is 0 Å². The maximum atomic E-state index is 5.56. The van der Waals surface area contributed by atoms with Gasteiger partial charge in [-0.1, -0.05) is 30.3 Å². The quantitative estimate of drug-likeness (QED) is 0.668. The number of methoxy groups -OCH3 is 1. The van der Waals surface area contributed by atoms with Crippen LogP contribution in [0.3, 0.4) is 0 Å². The molecule has 0 radical (unpaired) electrons. The van der Waals surface area contributed by atoms with Gasteiger partial charge in [0.05, 0.1) is 25.1 Å². The second kappa shape index (κ2) is 7.94. The van der Waals surface area contributed by atoms with Gasteiger partial charge >= 0.3 is 0 Å². The van der Waals surface area contributed by atoms with Crippen LogP contribution in [0.15, 0.2) is 60.8 Å². The molecule has 1 atom stereocenters. The molecule has 1 unspecified atom stereocenters. The second-order valence-corrected chi connectivity index (χ2v) is 6.95. The summed E-state index contributed by atoms with van der Waals surface area (Å²) in [6.07, 6.45) is 3.22. The monoisotopic (exact) mass is 363 g/mol. The number of benzene rings is 2. The van der Waals surface area contributed by atoms with Crippen molar-refractivity contribution < 1.29 is 9.47 Å². The van der Waals surface area contributed by atoms with Crippen molar-refractivity contribution in [2.75, 3.05) is 27.4 Å². The Bertz CT molecular complexity index is 886. The third kappa shape index (κ3) is 3.89. The van der Waals surface area contributed by atoms with E-state index in [0.29, 0.717) is 6.04 Å². The van der Waals surface area contributed by atoms with Gasteiger partial charge in [0, 0.05) is 36.5 Å². The Morgan fingerprint density at radius 1 is 1.19 bits per heavy atom. The molecule has 27 heavy (non-hydrogen) atoms. The van der Waals surface area contributed by atoms with Crippen molar-refractivity contribution in [3.8, 4) is 22.7 Å². The lowest BCUT2D eigenvalue weighted by atomic mass is 10.1. The lowest BCUT2D eigenvalue weighted by Crippen LogP contribution is -2.31. The summed E-state index contributed by atoms with van der Waals surface area (Å²) in [6, 6.07) is 18.8. The molecule has 0 spiro atoms. The maximum Gasteiger partial charge on any atom is 0.119 e. The SMILES string of the molecule is COc1cccc(-c2nn(-c3ccccc3)cc2CN(C)C2CCOC2)c1. The van der Waals surface area contributed by atoms with E-state index in [-0.39, 0.29) is 0 Å². The van der Waals surface area contributed by atoms with E-state index in [1.165, 1.54) is 5.56 Å². The first-order valence-corrected chi connectivity index (χ1v) is 9.31. The minimum Gasteiger partial charge on any atom is -0.497 e. The van der Waals surface area contributed by atoms with Crippen molar-refractivity contribution in [2.45, 2.75) is 19.0 Å². The van der Waals surface area contributed by atoms with Crippen molar-refractivity contribution in [3.05, 3.63) is 66.4 Å². The first-order chi connectivity index (χ1) is 13.2. The molecule has 1 saturated heterocycles. The van der Waals surface area contributed by atoms with E-state index >= 15 is 0 Å². The topological polar surface area (TPSA) is 39.5 Å². The molecule has 1 fully saturated rings. The molecule has 0 aliphatic carbocycles. The highest BCUT2D eigenvalue weighted by Crippen LogP contribution is 2.28. The summed E-state index contributed by atoms with van der Waals surface area (Å²) >= 11 is 0. The number of hydrogen-bond acceptors (Lipinski definition) is 4. The minimum absolute atomic E-state index is 0.461. The molecule has 1 aromatic heterocycles. The van der Waals surface area contributed by atoms with Crippen LogP contribution in [0.4, 0.5) is 0 Å². The number of rotatable bonds is 6. The van der Waals surface area contributed by atoms with Crippen LogP contribution in [0.2, 0.25) is 0 Å². The first kappa shape index (κ1) is 17.8. The Balaban J connectivity index is 1.71. The van der Waals surface area contributed by atoms with Gasteiger partial charge in [-0.25, -0.2) is 4.68 Å². The number of para-hydroxylation sites is 1. The molecule has 2 aromatic carbocycles. The lowest BCUT2D eigenvalue weighted by Gasteiger charge is -2.22. The largest absolute Gasteiger partial charge is 0.497 e. The summed E-state index contributed by atoms with van der Waals surface area (Å²) in [6.45, 7) is 2.48. The van der Waals surface area contributed by atoms with Gasteiger partial charge in [0.1, 0.15) is 5.75 Å². The lowest BCUT2D eigenvalue weighted by molar-refractivity contribution is 0.156. The molecule has 4 rings (SSSR count). The molecule has 1 aliphatic heterocycles. The second-order valence-electron chi connectivity index (χ2n) is 6.95. The molecule has 0 saturated carbocycles. The van der Waals surface area contributed by atoms with Crippen LogP contribution in [-0.2, 0) is 11.3 Å². The van der Waals surface area contributed by atoms with Crippen LogP contribution in [0.25, 0.3) is 16.9 Å². The van der Waals surface area contributed by atoms with E-state index < -0.39 is 0 Å². The highest BCUT2D eigenvalue weighted by Gasteiger charge is 2.22. The van der Waals surface area contributed by atoms with Gasteiger partial charge in [0.25, 0.3) is 0 Å². The van der Waals surface area contributed by atoms with Gasteiger partial charge in [-0.2, -0.15) is 5.10 Å². The summed E-state index contributed by atoms with van der Waals surface area (Å²) in [4.78, 5) is 2.36. The fourth-order valence-corrected chi connectivity index (χ4v) is 3.52. The molecule has 0 bridgehead atoms. The van der Waals surface area contributed by atoms with Gasteiger partial charge in [-0.3, -0.25) is 4.90 Å². The standard InChI is InChI=1S/C22H25N3O2/c1-24(20-11-12-27-16-20)14-18-15-25(19-8-4-3-5-9-19)23-22(18)17-7-6-10-21(13-17)26-2/h3-10,13,15,20H,11-12,14,16H2,1-2H3. The third-order valence-electron chi connectivity index (χ3n) is 5.10. The van der Waals surface area contributed by atoms with Crippen LogP contribution >= 0.6 is 0 Å². The highest BCUT2D eigenvalue weighted by atomic mass is 16.5. The summed E-state index contributed by atoms with van der Waals surface area (Å²) in [5.41, 5.74) is 4.31. The number of nitrogens with zero attached hydrogens (tertiary/aromatic N) is 3. The predicted octanol–water partition coefficient (Wildman–Crippen LogP) is 3.77. The van der Waals surface area contributed by atoms with Crippen molar-refractivity contribution >= 4 is 0 Å². The Labute approximate surface area is 160 Å². The fourth-order valence-electron chi connectivity index (χ4n) is 3.52. The average Bonchev–Trinajstić information content (AvgIpc) is 3.39. The number of ether oxygens (including phenoxy) is 2. The molecule has 3 aromatic rings. The van der Waals surface area contributed by atoms with Gasteiger partial charge in [0.15, 0.2) is 0 Å². The Morgan fingerprint density at radius 3 is 2.78 bits per heavy atom. The minimum atomic E-state index is 0.461. The molecular weight excluding hydrogens is 338 g/mol. The van der Waals surface area contributed by atoms with E-state index in [2.05, 4.69) is 36.3 Å². The fraction of sp³-hybridized carbons (Fsp3) is 0.318. The summed E-state index contributed by atoms with van der Waals surface area (Å²) in [5, 5.41) is 4.91. The predicted molar refractivity (Wildman–Crippen MR) is 106 cm³/mol. The zero-order valence-corrected chi connectivity index (χ0v) is 15.8. The third-order valence-corrected chi connectivity index (χ3v) is 5.10. The normalized spacial score (nSPS) is 16.8. The summed E-state index contributed by atoms with van der Waals surface area (Å²) in [5.74, 6) is 0.838. The van der Waals surface area contributed by atoms with Gasteiger partial charge in [-0.15, -0.1) is 0 Å². The van der Waals surface area contributed by atoms with Crippen LogP contribution in [0, 0.1) is 0 Å². The highest BCUT2D eigenvalue weighted by molar-refractivity contribution is 5.65. The van der Waals surface area contributed by atoms with Crippen molar-refractivity contribution in [1.29, 1.82) is 0 Å². The average molecular weight is 363 g/mol. The summed E-state index contributed by atoms with van der Waals surface area (Å²) in [7, 11) is 3.85. The molecule has 140 valence electrons. The van der Waals surface area contributed by atoms with Gasteiger partial charge in [0.2, 0.25) is 0 Å². The molecule has 1 aliphatic rings. The van der Waals surface area contributed by atoms with Gasteiger partial charge in [-0.05, 0) is 37.7 Å². The van der Waals surface area contributed by atoms with Gasteiger partial charge < -0.3 is 9.47 Å². The van der Waals surface area contributed by atoms with Crippen molar-refractivity contribution in [1.82, 2.24) is 14.7 Å². The molecular formula is C22H25N3O2. The van der Waals surface area contributed by atoms with Crippen LogP contribution in [-0.4, -0.2) is 48.1 Å². The number of aromatic nitrogens is 2. The van der Waals surface area contributed by atoms with Crippen LogP contribution in [0.5, 0.6) is 5.75 Å². The Kier molecular flexibility index (Phi) is 5.23. The molecule has 5 heteroatoms. The number of hydrogen-bond donors (Lipinski definition) is 0. The van der Waals surface area contributed by atoms with E-state index in [1.807, 2.05) is 41.1 Å². The first-order valence-electron chi connectivity index (χ1n) is 9.31. The van der Waals surface area contributed by atoms with Crippen molar-refractivity contribution in [2.24, 2.45) is 0 Å². The molecule has 0 N–H and O–H groups in total. The molecule has 5 nitrogen and oxygen atoms in total. The zero-order chi connectivity index (χ0) is 18.6. The molecule has 0 amide bonds. The van der Waals surface area contributed by atoms with E-state index in [1.54, 1.807) is 7.11 Å². The summed E-state index contributed by atoms with van der Waals surface area (Å²) < 4.78 is 12.9. The van der Waals surface area contributed by atoms with Crippen LogP contribution in [0.1, 0.15) is 12.0 Å². The van der Waals surface area contributed by atoms with Crippen LogP contribution < -0.4 is 4.74 Å². The Morgan fingerprint density at radius 2 is 2.04 bits per heavy atom. The van der Waals surface area contributed by atoms with E-state index in [0.717, 1.165) is 48.9 Å². The van der Waals surface area contributed by atoms with E-state index in [4.69, 9.17) is 14.6 Å². The van der Waals surface area contributed by atoms with Crippen molar-refractivity contribution in [3.63, 3.8) is 0 Å². The Hall–Kier alpha value is -2.63. The molecule has 2 heterocycles. The maximum absolute atomic E-state index is 5.56. The smallest absolute Gasteiger partial charge is 0.119 e. The number of likely N-dealkylation sites (N-methyl/N-ethyl adjacent to an activating group) is 1. The zero-order valence-electron chi connectivity index (χ0n) is 15.8.